The molecule has 0 radical (unpaired) electrons. The quantitative estimate of drug-likeness (QED) is 0.409. The molecular weight excluding hydrogens is 482 g/mol. The van der Waals surface area contributed by atoms with Gasteiger partial charge in [-0.3, -0.25) is 4.79 Å². The summed E-state index contributed by atoms with van der Waals surface area (Å²) >= 11 is 6.57. The molecule has 2 aromatic carbocycles. The summed E-state index contributed by atoms with van der Waals surface area (Å²) in [6, 6.07) is 13.3. The number of benzene rings is 2. The Morgan fingerprint density at radius 1 is 1.06 bits per heavy atom. The standard InChI is InChI=1S/C26H24ClN5O4/c27-20-13-21(16-2-4-24-23(11-16)29-15-36-24)30-22-12-17(1-3-19(20)22)25(33)31-6-8-32(9-7-31)26(34)35-10-5-18-14-28-18/h1-4,11-13,15,18,28H,5-10,14H2. The van der Waals surface area contributed by atoms with Crippen LogP contribution in [0.15, 0.2) is 53.3 Å². The molecule has 2 amide bonds. The maximum absolute atomic E-state index is 13.2. The van der Waals surface area contributed by atoms with Crippen molar-refractivity contribution >= 4 is 45.6 Å². The number of nitrogens with zero attached hydrogens (tertiary/aromatic N) is 4. The Labute approximate surface area is 212 Å². The number of oxazole rings is 1. The van der Waals surface area contributed by atoms with Crippen LogP contribution in [0.3, 0.4) is 0 Å². The van der Waals surface area contributed by atoms with Crippen LogP contribution in [-0.4, -0.2) is 77.1 Å². The SMILES string of the molecule is O=C(OCCC1CN1)N1CCN(C(=O)c2ccc3c(Cl)cc(-c4ccc5ocnc5c4)nc3c2)CC1. The molecule has 184 valence electrons. The number of ether oxygens (including phenoxy) is 1. The Balaban J connectivity index is 1.16. The number of aromatic nitrogens is 2. The number of pyridine rings is 1. The zero-order valence-electron chi connectivity index (χ0n) is 19.4. The highest BCUT2D eigenvalue weighted by Gasteiger charge is 2.27. The van der Waals surface area contributed by atoms with Crippen molar-refractivity contribution in [3.63, 3.8) is 0 Å². The van der Waals surface area contributed by atoms with Gasteiger partial charge < -0.3 is 24.3 Å². The van der Waals surface area contributed by atoms with Crippen molar-refractivity contribution < 1.29 is 18.7 Å². The van der Waals surface area contributed by atoms with Gasteiger partial charge in [0.2, 0.25) is 0 Å². The molecule has 6 rings (SSSR count). The van der Waals surface area contributed by atoms with Crippen molar-refractivity contribution in [2.24, 2.45) is 0 Å². The van der Waals surface area contributed by atoms with Crippen molar-refractivity contribution in [2.45, 2.75) is 12.5 Å². The first kappa shape index (κ1) is 22.8. The molecule has 4 heterocycles. The summed E-state index contributed by atoms with van der Waals surface area (Å²) in [5.41, 5.74) is 4.14. The second-order valence-electron chi connectivity index (χ2n) is 9.04. The molecule has 0 saturated carbocycles. The van der Waals surface area contributed by atoms with Gasteiger partial charge >= 0.3 is 6.09 Å². The van der Waals surface area contributed by atoms with Crippen molar-refractivity contribution in [1.29, 1.82) is 0 Å². The number of halogens is 1. The Morgan fingerprint density at radius 2 is 1.86 bits per heavy atom. The van der Waals surface area contributed by atoms with Gasteiger partial charge in [0.1, 0.15) is 5.52 Å². The van der Waals surface area contributed by atoms with Crippen LogP contribution in [0.1, 0.15) is 16.8 Å². The van der Waals surface area contributed by atoms with E-state index in [0.717, 1.165) is 29.4 Å². The Bertz CT molecular complexity index is 1460. The zero-order chi connectivity index (χ0) is 24.6. The predicted molar refractivity (Wildman–Crippen MR) is 135 cm³/mol. The molecule has 0 spiro atoms. The molecule has 2 aromatic heterocycles. The molecular formula is C26H24ClN5O4. The number of amides is 2. The summed E-state index contributed by atoms with van der Waals surface area (Å²) in [6.45, 7) is 3.19. The minimum atomic E-state index is -0.316. The van der Waals surface area contributed by atoms with E-state index < -0.39 is 0 Å². The highest BCUT2D eigenvalue weighted by Crippen LogP contribution is 2.30. The van der Waals surface area contributed by atoms with Crippen molar-refractivity contribution in [3.8, 4) is 11.3 Å². The summed E-state index contributed by atoms with van der Waals surface area (Å²) in [4.78, 5) is 37.9. The van der Waals surface area contributed by atoms with Crippen LogP contribution in [0.2, 0.25) is 5.02 Å². The molecule has 0 bridgehead atoms. The van der Waals surface area contributed by atoms with E-state index in [9.17, 15) is 9.59 Å². The van der Waals surface area contributed by atoms with E-state index in [1.54, 1.807) is 21.9 Å². The van der Waals surface area contributed by atoms with Crippen LogP contribution in [0, 0.1) is 0 Å². The van der Waals surface area contributed by atoms with E-state index >= 15 is 0 Å². The zero-order valence-corrected chi connectivity index (χ0v) is 20.2. The topological polar surface area (TPSA) is 111 Å². The maximum atomic E-state index is 13.2. The predicted octanol–water partition coefficient (Wildman–Crippen LogP) is 3.95. The lowest BCUT2D eigenvalue weighted by Gasteiger charge is -2.34. The van der Waals surface area contributed by atoms with Gasteiger partial charge in [-0.25, -0.2) is 14.8 Å². The monoisotopic (exact) mass is 505 g/mol. The third kappa shape index (κ3) is 4.59. The van der Waals surface area contributed by atoms with Gasteiger partial charge in [0, 0.05) is 55.3 Å². The first-order valence-electron chi connectivity index (χ1n) is 11.9. The highest BCUT2D eigenvalue weighted by molar-refractivity contribution is 6.35. The second kappa shape index (κ2) is 9.40. The van der Waals surface area contributed by atoms with Gasteiger partial charge in [-0.1, -0.05) is 17.7 Å². The largest absolute Gasteiger partial charge is 0.449 e. The van der Waals surface area contributed by atoms with Crippen LogP contribution < -0.4 is 5.32 Å². The van der Waals surface area contributed by atoms with E-state index in [0.29, 0.717) is 66.2 Å². The fourth-order valence-corrected chi connectivity index (χ4v) is 4.69. The fraction of sp³-hybridized carbons (Fsp3) is 0.308. The van der Waals surface area contributed by atoms with Crippen LogP contribution in [-0.2, 0) is 4.74 Å². The molecule has 1 N–H and O–H groups in total. The molecule has 2 aliphatic heterocycles. The molecule has 1 atom stereocenters. The van der Waals surface area contributed by atoms with E-state index in [-0.39, 0.29) is 12.0 Å². The minimum Gasteiger partial charge on any atom is -0.449 e. The maximum Gasteiger partial charge on any atom is 0.409 e. The molecule has 0 aliphatic carbocycles. The van der Waals surface area contributed by atoms with E-state index in [1.165, 1.54) is 6.39 Å². The van der Waals surface area contributed by atoms with Crippen LogP contribution >= 0.6 is 11.6 Å². The molecule has 9 nitrogen and oxygen atoms in total. The third-order valence-corrected chi connectivity index (χ3v) is 6.95. The molecule has 36 heavy (non-hydrogen) atoms. The summed E-state index contributed by atoms with van der Waals surface area (Å²) in [7, 11) is 0. The van der Waals surface area contributed by atoms with Gasteiger partial charge in [-0.2, -0.15) is 0 Å². The van der Waals surface area contributed by atoms with Gasteiger partial charge in [0.15, 0.2) is 12.0 Å². The Kier molecular flexibility index (Phi) is 5.94. The van der Waals surface area contributed by atoms with Gasteiger partial charge in [-0.15, -0.1) is 0 Å². The van der Waals surface area contributed by atoms with Crippen molar-refractivity contribution in [3.05, 3.63) is 59.4 Å². The number of hydrogen-bond acceptors (Lipinski definition) is 7. The normalized spacial score (nSPS) is 17.5. The highest BCUT2D eigenvalue weighted by atomic mass is 35.5. The summed E-state index contributed by atoms with van der Waals surface area (Å²) in [5, 5.41) is 4.51. The lowest BCUT2D eigenvalue weighted by Crippen LogP contribution is -2.50. The number of nitrogens with one attached hydrogen (secondary N) is 1. The first-order chi connectivity index (χ1) is 17.5. The molecule has 2 fully saturated rings. The number of rotatable bonds is 5. The van der Waals surface area contributed by atoms with Crippen LogP contribution in [0.4, 0.5) is 4.79 Å². The van der Waals surface area contributed by atoms with Crippen molar-refractivity contribution in [2.75, 3.05) is 39.3 Å². The Morgan fingerprint density at radius 3 is 2.67 bits per heavy atom. The first-order valence-corrected chi connectivity index (χ1v) is 12.3. The summed E-state index contributed by atoms with van der Waals surface area (Å²) in [5.74, 6) is -0.0999. The fourth-order valence-electron chi connectivity index (χ4n) is 4.43. The number of piperazine rings is 1. The van der Waals surface area contributed by atoms with Crippen molar-refractivity contribution in [1.82, 2.24) is 25.1 Å². The average Bonchev–Trinajstić information content (AvgIpc) is 3.61. The minimum absolute atomic E-state index is 0.0999. The van der Waals surface area contributed by atoms with Gasteiger partial charge in [0.05, 0.1) is 22.8 Å². The van der Waals surface area contributed by atoms with Gasteiger partial charge in [-0.05, 0) is 42.8 Å². The number of carbonyl (C=O) groups excluding carboxylic acids is 2. The molecule has 2 saturated heterocycles. The van der Waals surface area contributed by atoms with Crippen LogP contribution in [0.25, 0.3) is 33.3 Å². The van der Waals surface area contributed by atoms with Crippen LogP contribution in [0.5, 0.6) is 0 Å². The summed E-state index contributed by atoms with van der Waals surface area (Å²) < 4.78 is 10.7. The lowest BCUT2D eigenvalue weighted by atomic mass is 10.1. The average molecular weight is 506 g/mol. The van der Waals surface area contributed by atoms with E-state index in [1.807, 2.05) is 30.3 Å². The summed E-state index contributed by atoms with van der Waals surface area (Å²) in [6.07, 6.45) is 1.92. The number of hydrogen-bond donors (Lipinski definition) is 1. The third-order valence-electron chi connectivity index (χ3n) is 6.64. The van der Waals surface area contributed by atoms with E-state index in [4.69, 9.17) is 25.7 Å². The molecule has 10 heteroatoms. The molecule has 4 aromatic rings. The smallest absolute Gasteiger partial charge is 0.409 e. The number of carbonyl (C=O) groups is 2. The second-order valence-corrected chi connectivity index (χ2v) is 9.45. The number of fused-ring (bicyclic) bond motifs is 2. The lowest BCUT2D eigenvalue weighted by molar-refractivity contribution is 0.0558. The van der Waals surface area contributed by atoms with E-state index in [2.05, 4.69) is 10.3 Å². The van der Waals surface area contributed by atoms with Gasteiger partial charge in [0.25, 0.3) is 5.91 Å². The Hall–Kier alpha value is -3.69. The molecule has 1 unspecified atom stereocenters. The molecule has 2 aliphatic rings.